The van der Waals surface area contributed by atoms with Gasteiger partial charge in [-0.25, -0.2) is 0 Å². The zero-order chi connectivity index (χ0) is 42.3. The van der Waals surface area contributed by atoms with E-state index in [2.05, 4.69) is 81.5 Å². The van der Waals surface area contributed by atoms with E-state index in [9.17, 15) is 14.4 Å². The van der Waals surface area contributed by atoms with Crippen LogP contribution in [0.2, 0.25) is 0 Å². The van der Waals surface area contributed by atoms with Crippen LogP contribution in [0.15, 0.2) is 97.2 Å². The molecule has 0 N–H and O–H groups in total. The third kappa shape index (κ3) is 43.5. The fraction of sp³-hybridized carbons (Fsp3) is 0.635. The summed E-state index contributed by atoms with van der Waals surface area (Å²) in [6.45, 7) is 6.26. The normalized spacial score (nSPS) is 12.9. The molecule has 6 heteroatoms. The molecule has 0 saturated heterocycles. The van der Waals surface area contributed by atoms with E-state index < -0.39 is 6.10 Å². The lowest BCUT2D eigenvalue weighted by Gasteiger charge is -2.18. The van der Waals surface area contributed by atoms with Crippen LogP contribution in [0, 0.1) is 0 Å². The Morgan fingerprint density at radius 3 is 1.12 bits per heavy atom. The first-order valence-electron chi connectivity index (χ1n) is 23.3. The van der Waals surface area contributed by atoms with Crippen LogP contribution >= 0.6 is 0 Å². The van der Waals surface area contributed by atoms with Crippen LogP contribution in [0.1, 0.15) is 194 Å². The quantitative estimate of drug-likeness (QED) is 0.0202. The third-order valence-electron chi connectivity index (χ3n) is 9.46. The number of esters is 3. The molecule has 0 heterocycles. The molecule has 0 saturated carbocycles. The van der Waals surface area contributed by atoms with Gasteiger partial charge in [-0.2, -0.15) is 0 Å². The number of hydrogen-bond donors (Lipinski definition) is 0. The molecule has 1 atom stereocenters. The van der Waals surface area contributed by atoms with Crippen molar-refractivity contribution in [3.8, 4) is 0 Å². The highest BCUT2D eigenvalue weighted by atomic mass is 16.6. The van der Waals surface area contributed by atoms with Gasteiger partial charge in [-0.15, -0.1) is 0 Å². The van der Waals surface area contributed by atoms with Gasteiger partial charge >= 0.3 is 17.9 Å². The van der Waals surface area contributed by atoms with E-state index in [0.717, 1.165) is 89.9 Å². The number of carbonyl (C=O) groups excluding carboxylic acids is 3. The van der Waals surface area contributed by atoms with Crippen molar-refractivity contribution in [2.45, 2.75) is 200 Å². The summed E-state index contributed by atoms with van der Waals surface area (Å²) in [5.74, 6) is -0.973. The average molecular weight is 805 g/mol. The van der Waals surface area contributed by atoms with Crippen LogP contribution in [0.25, 0.3) is 0 Å². The Labute approximate surface area is 356 Å². The molecule has 0 fully saturated rings. The molecule has 58 heavy (non-hydrogen) atoms. The van der Waals surface area contributed by atoms with E-state index in [-0.39, 0.29) is 37.5 Å². The zero-order valence-electron chi connectivity index (χ0n) is 37.3. The second-order valence-electron chi connectivity index (χ2n) is 15.0. The second kappa shape index (κ2) is 46.0. The monoisotopic (exact) mass is 805 g/mol. The summed E-state index contributed by atoms with van der Waals surface area (Å²) in [5.41, 5.74) is 0. The number of allylic oxidation sites excluding steroid dienone is 16. The standard InChI is InChI=1S/C52H84O6/c1-4-7-10-13-16-19-22-25-26-28-30-33-36-39-42-45-51(54)57-48-49(47-56-50(53)44-41-38-35-32-29-24-21-18-15-12-9-6-3)58-52(55)46-43-40-37-34-31-27-23-20-17-14-11-8-5-2/h7-8,10-11,13-14,16-23,27,31,49H,4-6,9,12,15,24-26,28-30,32-48H2,1-3H3/b10-7-,11-8-,16-13-,17-14-,21-18-,22-19-,23-20-,31-27-. The minimum atomic E-state index is -0.805. The van der Waals surface area contributed by atoms with Crippen LogP contribution in [0.4, 0.5) is 0 Å². The lowest BCUT2D eigenvalue weighted by atomic mass is 10.1. The summed E-state index contributed by atoms with van der Waals surface area (Å²) in [5, 5.41) is 0. The minimum absolute atomic E-state index is 0.104. The van der Waals surface area contributed by atoms with Crippen LogP contribution < -0.4 is 0 Å². The molecule has 0 aromatic rings. The molecule has 0 aromatic heterocycles. The van der Waals surface area contributed by atoms with Gasteiger partial charge in [0.25, 0.3) is 0 Å². The second-order valence-corrected chi connectivity index (χ2v) is 15.0. The summed E-state index contributed by atoms with van der Waals surface area (Å²) < 4.78 is 16.7. The molecule has 0 aromatic carbocycles. The SMILES string of the molecule is CC\C=C/C=C\C=C/C=C\CCCCCC(=O)OC(COC(=O)CCCCCCC/C=C\CCCCC)COC(=O)CCCCCCCCC\C=C/C=C\C=C/CC. The summed E-state index contributed by atoms with van der Waals surface area (Å²) in [6, 6.07) is 0. The molecular formula is C52H84O6. The maximum Gasteiger partial charge on any atom is 0.306 e. The van der Waals surface area contributed by atoms with E-state index in [4.69, 9.17) is 14.2 Å². The van der Waals surface area contributed by atoms with E-state index in [1.807, 2.05) is 36.5 Å². The maximum atomic E-state index is 12.7. The van der Waals surface area contributed by atoms with Gasteiger partial charge in [0.05, 0.1) is 0 Å². The molecule has 0 radical (unpaired) electrons. The van der Waals surface area contributed by atoms with Gasteiger partial charge in [0, 0.05) is 19.3 Å². The van der Waals surface area contributed by atoms with Crippen molar-refractivity contribution in [3.05, 3.63) is 97.2 Å². The van der Waals surface area contributed by atoms with Gasteiger partial charge in [-0.3, -0.25) is 14.4 Å². The molecule has 0 amide bonds. The molecule has 0 aliphatic heterocycles. The van der Waals surface area contributed by atoms with Crippen LogP contribution in [0.5, 0.6) is 0 Å². The zero-order valence-corrected chi connectivity index (χ0v) is 37.3. The van der Waals surface area contributed by atoms with Crippen LogP contribution in [-0.2, 0) is 28.6 Å². The van der Waals surface area contributed by atoms with Gasteiger partial charge in [0.2, 0.25) is 0 Å². The van der Waals surface area contributed by atoms with Gasteiger partial charge in [-0.1, -0.05) is 189 Å². The molecule has 0 bridgehead atoms. The summed E-state index contributed by atoms with van der Waals surface area (Å²) in [7, 11) is 0. The summed E-state index contributed by atoms with van der Waals surface area (Å²) >= 11 is 0. The Morgan fingerprint density at radius 2 is 0.690 bits per heavy atom. The first-order chi connectivity index (χ1) is 28.5. The summed E-state index contributed by atoms with van der Waals surface area (Å²) in [6.07, 6.45) is 59.6. The first kappa shape index (κ1) is 54.3. The van der Waals surface area contributed by atoms with Gasteiger partial charge in [0.1, 0.15) is 13.2 Å². The molecule has 0 aliphatic rings. The molecule has 0 aliphatic carbocycles. The van der Waals surface area contributed by atoms with E-state index >= 15 is 0 Å². The van der Waals surface area contributed by atoms with Crippen molar-refractivity contribution in [1.29, 1.82) is 0 Å². The highest BCUT2D eigenvalue weighted by Gasteiger charge is 2.19. The predicted octanol–water partition coefficient (Wildman–Crippen LogP) is 15.0. The molecule has 328 valence electrons. The Morgan fingerprint density at radius 1 is 0.362 bits per heavy atom. The third-order valence-corrected chi connectivity index (χ3v) is 9.46. The minimum Gasteiger partial charge on any atom is -0.462 e. The molecular weight excluding hydrogens is 721 g/mol. The van der Waals surface area contributed by atoms with Crippen molar-refractivity contribution >= 4 is 17.9 Å². The smallest absolute Gasteiger partial charge is 0.306 e. The van der Waals surface area contributed by atoms with Gasteiger partial charge < -0.3 is 14.2 Å². The van der Waals surface area contributed by atoms with Crippen LogP contribution in [-0.4, -0.2) is 37.2 Å². The Balaban J connectivity index is 4.49. The summed E-state index contributed by atoms with van der Waals surface area (Å²) in [4.78, 5) is 37.8. The fourth-order valence-corrected chi connectivity index (χ4v) is 5.97. The Hall–Kier alpha value is -3.67. The fourth-order valence-electron chi connectivity index (χ4n) is 5.97. The first-order valence-corrected chi connectivity index (χ1v) is 23.3. The molecule has 0 rings (SSSR count). The number of carbonyl (C=O) groups is 3. The van der Waals surface area contributed by atoms with Crippen molar-refractivity contribution in [2.75, 3.05) is 13.2 Å². The molecule has 0 spiro atoms. The number of ether oxygens (including phenoxy) is 3. The lowest BCUT2D eigenvalue weighted by Crippen LogP contribution is -2.30. The van der Waals surface area contributed by atoms with E-state index in [0.29, 0.717) is 19.3 Å². The highest BCUT2D eigenvalue weighted by molar-refractivity contribution is 5.71. The molecule has 1 unspecified atom stereocenters. The average Bonchev–Trinajstić information content (AvgIpc) is 3.22. The van der Waals surface area contributed by atoms with Crippen molar-refractivity contribution in [1.82, 2.24) is 0 Å². The highest BCUT2D eigenvalue weighted by Crippen LogP contribution is 2.13. The Kier molecular flexibility index (Phi) is 43.1. The number of rotatable bonds is 40. The molecule has 6 nitrogen and oxygen atoms in total. The number of unbranched alkanes of at least 4 members (excludes halogenated alkanes) is 18. The van der Waals surface area contributed by atoms with E-state index in [1.165, 1.54) is 57.8 Å². The van der Waals surface area contributed by atoms with Gasteiger partial charge in [-0.05, 0) is 83.5 Å². The van der Waals surface area contributed by atoms with Crippen molar-refractivity contribution in [2.24, 2.45) is 0 Å². The number of hydrogen-bond acceptors (Lipinski definition) is 6. The Bertz CT molecular complexity index is 1200. The predicted molar refractivity (Wildman–Crippen MR) is 247 cm³/mol. The van der Waals surface area contributed by atoms with E-state index in [1.54, 1.807) is 0 Å². The van der Waals surface area contributed by atoms with Gasteiger partial charge in [0.15, 0.2) is 6.10 Å². The maximum absolute atomic E-state index is 12.7. The lowest BCUT2D eigenvalue weighted by molar-refractivity contribution is -0.167. The topological polar surface area (TPSA) is 78.9 Å². The largest absolute Gasteiger partial charge is 0.462 e. The van der Waals surface area contributed by atoms with Crippen molar-refractivity contribution in [3.63, 3.8) is 0 Å². The van der Waals surface area contributed by atoms with Crippen LogP contribution in [0.3, 0.4) is 0 Å². The van der Waals surface area contributed by atoms with Crippen molar-refractivity contribution < 1.29 is 28.6 Å².